The Hall–Kier alpha value is -1.87. The number of nitrogens with zero attached hydrogens (tertiary/aromatic N) is 1. The summed E-state index contributed by atoms with van der Waals surface area (Å²) in [6.07, 6.45) is 6.10. The Morgan fingerprint density at radius 2 is 2.00 bits per heavy atom. The van der Waals surface area contributed by atoms with Crippen LogP contribution >= 0.6 is 0 Å². The number of hydrogen-bond acceptors (Lipinski definition) is 2. The molecule has 23 heavy (non-hydrogen) atoms. The van der Waals surface area contributed by atoms with E-state index in [1.807, 2.05) is 12.2 Å². The third-order valence-corrected chi connectivity index (χ3v) is 5.41. The summed E-state index contributed by atoms with van der Waals surface area (Å²) in [5, 5.41) is 3.64. The number of aryl methyl sites for hydroxylation is 1. The summed E-state index contributed by atoms with van der Waals surface area (Å²) in [4.78, 5) is 15.2. The van der Waals surface area contributed by atoms with Crippen molar-refractivity contribution in [3.63, 3.8) is 0 Å². The lowest BCUT2D eigenvalue weighted by Gasteiger charge is -2.38. The van der Waals surface area contributed by atoms with Gasteiger partial charge in [-0.05, 0) is 37.3 Å². The Morgan fingerprint density at radius 3 is 2.65 bits per heavy atom. The molecule has 0 aromatic heterocycles. The number of nitrogens with one attached hydrogen (secondary N) is 1. The number of benzene rings is 1. The highest BCUT2D eigenvalue weighted by molar-refractivity contribution is 5.86. The van der Waals surface area contributed by atoms with Gasteiger partial charge < -0.3 is 10.2 Å². The third-order valence-electron chi connectivity index (χ3n) is 5.41. The van der Waals surface area contributed by atoms with Crippen molar-refractivity contribution in [1.82, 2.24) is 10.2 Å². The Bertz CT molecular complexity index is 612. The summed E-state index contributed by atoms with van der Waals surface area (Å²) in [6.45, 7) is 11.5. The minimum absolute atomic E-state index is 0.213. The number of amides is 1. The number of allylic oxidation sites excluding steroid dienone is 2. The van der Waals surface area contributed by atoms with Gasteiger partial charge in [-0.15, -0.1) is 13.2 Å². The first kappa shape index (κ1) is 16.0. The smallest absolute Gasteiger partial charge is 0.229 e. The molecule has 2 fully saturated rings. The van der Waals surface area contributed by atoms with Crippen molar-refractivity contribution in [2.45, 2.75) is 38.3 Å². The van der Waals surface area contributed by atoms with E-state index in [4.69, 9.17) is 0 Å². The summed E-state index contributed by atoms with van der Waals surface area (Å²) in [5.41, 5.74) is 2.24. The van der Waals surface area contributed by atoms with E-state index in [9.17, 15) is 4.79 Å². The monoisotopic (exact) mass is 310 g/mol. The summed E-state index contributed by atoms with van der Waals surface area (Å²) >= 11 is 0. The van der Waals surface area contributed by atoms with Crippen LogP contribution in [0.3, 0.4) is 0 Å². The predicted molar refractivity (Wildman–Crippen MR) is 94.1 cm³/mol. The minimum Gasteiger partial charge on any atom is -0.336 e. The number of piperazine rings is 1. The molecule has 2 unspecified atom stereocenters. The zero-order chi connectivity index (χ0) is 16.4. The summed E-state index contributed by atoms with van der Waals surface area (Å²) < 4.78 is 0. The molecule has 1 aromatic carbocycles. The molecule has 0 saturated carbocycles. The fraction of sp³-hybridized carbons (Fsp3) is 0.450. The molecule has 1 N–H and O–H groups in total. The largest absolute Gasteiger partial charge is 0.336 e. The van der Waals surface area contributed by atoms with Crippen LogP contribution in [-0.2, 0) is 4.79 Å². The predicted octanol–water partition coefficient (Wildman–Crippen LogP) is 3.38. The first-order chi connectivity index (χ1) is 11.1. The van der Waals surface area contributed by atoms with Crippen molar-refractivity contribution in [3.05, 3.63) is 60.7 Å². The normalized spacial score (nSPS) is 26.0. The number of fused-ring (bicyclic) bond motifs is 1. The molecule has 3 rings (SSSR count). The van der Waals surface area contributed by atoms with Crippen molar-refractivity contribution >= 4 is 5.91 Å². The molecule has 1 aromatic rings. The molecule has 0 bridgehead atoms. The van der Waals surface area contributed by atoms with Gasteiger partial charge in [0.1, 0.15) is 0 Å². The first-order valence-electron chi connectivity index (χ1n) is 8.45. The Kier molecular flexibility index (Phi) is 4.40. The van der Waals surface area contributed by atoms with Crippen LogP contribution in [0.1, 0.15) is 36.4 Å². The lowest BCUT2D eigenvalue weighted by atomic mass is 9.77. The maximum atomic E-state index is 13.1. The van der Waals surface area contributed by atoms with Gasteiger partial charge in [-0.25, -0.2) is 0 Å². The zero-order valence-electron chi connectivity index (χ0n) is 13.9. The van der Waals surface area contributed by atoms with Crippen molar-refractivity contribution in [3.8, 4) is 0 Å². The Balaban J connectivity index is 1.96. The highest BCUT2D eigenvalue weighted by Gasteiger charge is 2.53. The van der Waals surface area contributed by atoms with E-state index in [1.165, 1.54) is 11.1 Å². The lowest BCUT2D eigenvalue weighted by Crippen LogP contribution is -2.51. The topological polar surface area (TPSA) is 32.3 Å². The number of rotatable bonds is 5. The standard InChI is InChI=1S/C20H26N2O/c1-4-10-20(11-5-2)14-17-18(16-9-7-6-8-15(16)3)21-12-13-22(17)19(20)23/h4-9,17-18,21H,1-2,10-14H2,3H3. The van der Waals surface area contributed by atoms with Gasteiger partial charge in [0, 0.05) is 13.1 Å². The lowest BCUT2D eigenvalue weighted by molar-refractivity contribution is -0.137. The van der Waals surface area contributed by atoms with Crippen molar-refractivity contribution < 1.29 is 4.79 Å². The van der Waals surface area contributed by atoms with E-state index in [-0.39, 0.29) is 23.4 Å². The molecule has 2 saturated heterocycles. The average molecular weight is 310 g/mol. The molecule has 3 nitrogen and oxygen atoms in total. The van der Waals surface area contributed by atoms with Crippen LogP contribution < -0.4 is 5.32 Å². The molecule has 0 radical (unpaired) electrons. The van der Waals surface area contributed by atoms with E-state index >= 15 is 0 Å². The second-order valence-electron chi connectivity index (χ2n) is 6.82. The van der Waals surface area contributed by atoms with Gasteiger partial charge in [-0.1, -0.05) is 36.4 Å². The van der Waals surface area contributed by atoms with E-state index in [0.717, 1.165) is 32.4 Å². The molecule has 2 atom stereocenters. The minimum atomic E-state index is -0.346. The fourth-order valence-corrected chi connectivity index (χ4v) is 4.32. The third kappa shape index (κ3) is 2.63. The van der Waals surface area contributed by atoms with Crippen LogP contribution in [0.25, 0.3) is 0 Å². The second kappa shape index (κ2) is 6.32. The van der Waals surface area contributed by atoms with Crippen LogP contribution in [0, 0.1) is 12.3 Å². The quantitative estimate of drug-likeness (QED) is 0.846. The van der Waals surface area contributed by atoms with E-state index < -0.39 is 0 Å². The average Bonchev–Trinajstić information content (AvgIpc) is 2.82. The maximum absolute atomic E-state index is 13.1. The van der Waals surface area contributed by atoms with E-state index in [1.54, 1.807) is 0 Å². The maximum Gasteiger partial charge on any atom is 0.229 e. The molecular weight excluding hydrogens is 284 g/mol. The molecule has 0 spiro atoms. The number of hydrogen-bond donors (Lipinski definition) is 1. The van der Waals surface area contributed by atoms with Gasteiger partial charge in [0.2, 0.25) is 5.91 Å². The molecule has 2 aliphatic rings. The second-order valence-corrected chi connectivity index (χ2v) is 6.82. The van der Waals surface area contributed by atoms with Crippen LogP contribution in [0.4, 0.5) is 0 Å². The van der Waals surface area contributed by atoms with Gasteiger partial charge in [0.15, 0.2) is 0 Å². The summed E-state index contributed by atoms with van der Waals surface area (Å²) in [6, 6.07) is 8.91. The van der Waals surface area contributed by atoms with Gasteiger partial charge in [-0.3, -0.25) is 4.79 Å². The van der Waals surface area contributed by atoms with Gasteiger partial charge in [0.05, 0.1) is 17.5 Å². The Morgan fingerprint density at radius 1 is 1.30 bits per heavy atom. The van der Waals surface area contributed by atoms with Crippen LogP contribution in [0.15, 0.2) is 49.6 Å². The van der Waals surface area contributed by atoms with E-state index in [0.29, 0.717) is 0 Å². The molecule has 3 heteroatoms. The molecular formula is C20H26N2O. The fourth-order valence-electron chi connectivity index (χ4n) is 4.32. The van der Waals surface area contributed by atoms with Gasteiger partial charge >= 0.3 is 0 Å². The highest BCUT2D eigenvalue weighted by atomic mass is 16.2. The summed E-state index contributed by atoms with van der Waals surface area (Å²) in [7, 11) is 0. The number of carbonyl (C=O) groups excluding carboxylic acids is 1. The summed E-state index contributed by atoms with van der Waals surface area (Å²) in [5.74, 6) is 0.280. The van der Waals surface area contributed by atoms with Crippen molar-refractivity contribution in [2.24, 2.45) is 5.41 Å². The van der Waals surface area contributed by atoms with Gasteiger partial charge in [0.25, 0.3) is 0 Å². The van der Waals surface area contributed by atoms with Crippen molar-refractivity contribution in [1.29, 1.82) is 0 Å². The first-order valence-corrected chi connectivity index (χ1v) is 8.45. The molecule has 122 valence electrons. The zero-order valence-corrected chi connectivity index (χ0v) is 13.9. The Labute approximate surface area is 139 Å². The van der Waals surface area contributed by atoms with Crippen molar-refractivity contribution in [2.75, 3.05) is 13.1 Å². The van der Waals surface area contributed by atoms with E-state index in [2.05, 4.69) is 54.6 Å². The van der Waals surface area contributed by atoms with Gasteiger partial charge in [-0.2, -0.15) is 0 Å². The molecule has 2 heterocycles. The number of carbonyl (C=O) groups is 1. The van der Waals surface area contributed by atoms with Crippen LogP contribution in [0.2, 0.25) is 0 Å². The molecule has 2 aliphatic heterocycles. The SMILES string of the molecule is C=CCC1(CC=C)CC2C(c3ccccc3C)NCCN2C1=O. The van der Waals surface area contributed by atoms with Crippen LogP contribution in [0.5, 0.6) is 0 Å². The molecule has 0 aliphatic carbocycles. The van der Waals surface area contributed by atoms with Crippen LogP contribution in [-0.4, -0.2) is 29.9 Å². The highest BCUT2D eigenvalue weighted by Crippen LogP contribution is 2.47. The molecule has 1 amide bonds.